The van der Waals surface area contributed by atoms with E-state index in [0.717, 1.165) is 18.2 Å². The number of rotatable bonds is 10. The van der Waals surface area contributed by atoms with Gasteiger partial charge in [-0.3, -0.25) is 4.79 Å². The maximum Gasteiger partial charge on any atom is 0.338 e. The van der Waals surface area contributed by atoms with E-state index < -0.39 is 5.97 Å². The van der Waals surface area contributed by atoms with Gasteiger partial charge in [0.05, 0.1) is 12.7 Å². The fourth-order valence-corrected chi connectivity index (χ4v) is 3.62. The van der Waals surface area contributed by atoms with Gasteiger partial charge in [0.2, 0.25) is 0 Å². The summed E-state index contributed by atoms with van der Waals surface area (Å²) in [6.45, 7) is 2.20. The van der Waals surface area contributed by atoms with Gasteiger partial charge in [0.1, 0.15) is 11.3 Å². The normalized spacial score (nSPS) is 11.0. The number of benzene rings is 2. The van der Waals surface area contributed by atoms with Gasteiger partial charge in [-0.2, -0.15) is 0 Å². The minimum absolute atomic E-state index is 0.139. The summed E-state index contributed by atoms with van der Waals surface area (Å²) in [5.74, 6) is 0.279. The summed E-state index contributed by atoms with van der Waals surface area (Å²) in [4.78, 5) is 24.9. The predicted molar refractivity (Wildman–Crippen MR) is 115 cm³/mol. The number of unbranched alkanes of at least 4 members (excludes halogenated alkanes) is 5. The van der Waals surface area contributed by atoms with Gasteiger partial charge in [0, 0.05) is 22.9 Å². The zero-order chi connectivity index (χ0) is 20.6. The minimum Gasteiger partial charge on any atom is -0.465 e. The molecule has 0 saturated carbocycles. The zero-order valence-electron chi connectivity index (χ0n) is 17.2. The number of methoxy groups -OCH3 is 1. The summed E-state index contributed by atoms with van der Waals surface area (Å²) < 4.78 is 10.9. The molecule has 0 atom stereocenters. The molecule has 0 saturated heterocycles. The number of hydrogen-bond donors (Lipinski definition) is 0. The largest absolute Gasteiger partial charge is 0.465 e. The molecule has 0 N–H and O–H groups in total. The zero-order valence-corrected chi connectivity index (χ0v) is 17.2. The van der Waals surface area contributed by atoms with Crippen LogP contribution in [0.15, 0.2) is 52.9 Å². The number of fused-ring (bicyclic) bond motifs is 1. The monoisotopic (exact) mass is 392 g/mol. The van der Waals surface area contributed by atoms with E-state index >= 15 is 0 Å². The molecular formula is C25H28O4. The molecule has 0 fully saturated rings. The van der Waals surface area contributed by atoms with Crippen LogP contribution in [-0.4, -0.2) is 18.9 Å². The van der Waals surface area contributed by atoms with Crippen molar-refractivity contribution in [3.63, 3.8) is 0 Å². The molecule has 4 heteroatoms. The summed E-state index contributed by atoms with van der Waals surface area (Å²) in [7, 11) is 1.36. The van der Waals surface area contributed by atoms with Gasteiger partial charge in [-0.15, -0.1) is 0 Å². The molecule has 0 bridgehead atoms. The molecule has 0 amide bonds. The van der Waals surface area contributed by atoms with Crippen molar-refractivity contribution < 1.29 is 18.7 Å². The predicted octanol–water partition coefficient (Wildman–Crippen LogP) is 6.82. The van der Waals surface area contributed by atoms with Crippen molar-refractivity contribution in [2.75, 3.05) is 7.11 Å². The summed E-state index contributed by atoms with van der Waals surface area (Å²) >= 11 is 0. The topological polar surface area (TPSA) is 56.5 Å². The molecule has 3 aromatic rings. The molecule has 1 aromatic heterocycles. The Hall–Kier alpha value is -2.88. The van der Waals surface area contributed by atoms with E-state index in [4.69, 9.17) is 9.15 Å². The van der Waals surface area contributed by atoms with Crippen molar-refractivity contribution in [2.45, 2.75) is 51.9 Å². The van der Waals surface area contributed by atoms with Crippen molar-refractivity contribution in [2.24, 2.45) is 0 Å². The molecule has 0 unspecified atom stereocenters. The molecule has 152 valence electrons. The lowest BCUT2D eigenvalue weighted by Gasteiger charge is -2.04. The van der Waals surface area contributed by atoms with E-state index in [1.165, 1.54) is 32.8 Å². The molecular weight excluding hydrogens is 364 g/mol. The maximum absolute atomic E-state index is 12.8. The van der Waals surface area contributed by atoms with Crippen LogP contribution in [-0.2, 0) is 4.74 Å². The molecule has 0 aliphatic rings. The van der Waals surface area contributed by atoms with E-state index in [-0.39, 0.29) is 5.78 Å². The molecule has 2 aromatic carbocycles. The van der Waals surface area contributed by atoms with Crippen LogP contribution in [0, 0.1) is 0 Å². The van der Waals surface area contributed by atoms with E-state index in [0.29, 0.717) is 34.5 Å². The molecule has 0 radical (unpaired) electrons. The molecule has 0 aliphatic heterocycles. The third kappa shape index (κ3) is 4.94. The summed E-state index contributed by atoms with van der Waals surface area (Å²) in [6.07, 6.45) is 7.46. The second-order valence-corrected chi connectivity index (χ2v) is 7.31. The van der Waals surface area contributed by atoms with Gasteiger partial charge in [0.25, 0.3) is 0 Å². The van der Waals surface area contributed by atoms with Crippen molar-refractivity contribution in [1.29, 1.82) is 0 Å². The van der Waals surface area contributed by atoms with E-state index in [1.807, 2.05) is 36.4 Å². The van der Waals surface area contributed by atoms with Crippen molar-refractivity contribution in [3.8, 4) is 11.3 Å². The van der Waals surface area contributed by atoms with Crippen molar-refractivity contribution >= 4 is 22.7 Å². The molecule has 0 aliphatic carbocycles. The lowest BCUT2D eigenvalue weighted by atomic mass is 9.99. The highest BCUT2D eigenvalue weighted by atomic mass is 16.5. The van der Waals surface area contributed by atoms with Gasteiger partial charge in [-0.05, 0) is 24.6 Å². The van der Waals surface area contributed by atoms with Crippen LogP contribution >= 0.6 is 0 Å². The highest BCUT2D eigenvalue weighted by molar-refractivity contribution is 6.08. The highest BCUT2D eigenvalue weighted by Crippen LogP contribution is 2.32. The lowest BCUT2D eigenvalue weighted by molar-refractivity contribution is 0.0601. The van der Waals surface area contributed by atoms with Gasteiger partial charge < -0.3 is 9.15 Å². The molecule has 1 heterocycles. The number of Topliss-reactive ketones (excluding diaryl/α,β-unsaturated/α-hetero) is 1. The fraction of sp³-hybridized carbons (Fsp3) is 0.360. The Kier molecular flexibility index (Phi) is 7.23. The van der Waals surface area contributed by atoms with Crippen LogP contribution in [0.4, 0.5) is 0 Å². The first-order valence-electron chi connectivity index (χ1n) is 10.4. The van der Waals surface area contributed by atoms with Gasteiger partial charge in [0.15, 0.2) is 5.78 Å². The Labute approximate surface area is 171 Å². The van der Waals surface area contributed by atoms with Gasteiger partial charge in [-0.1, -0.05) is 69.4 Å². The Morgan fingerprint density at radius 1 is 0.897 bits per heavy atom. The fourth-order valence-electron chi connectivity index (χ4n) is 3.62. The highest BCUT2D eigenvalue weighted by Gasteiger charge is 2.18. The van der Waals surface area contributed by atoms with Crippen molar-refractivity contribution in [3.05, 3.63) is 59.7 Å². The van der Waals surface area contributed by atoms with Crippen LogP contribution < -0.4 is 0 Å². The third-order valence-corrected chi connectivity index (χ3v) is 5.22. The van der Waals surface area contributed by atoms with E-state index in [9.17, 15) is 9.59 Å². The van der Waals surface area contributed by atoms with Crippen LogP contribution in [0.1, 0.15) is 72.6 Å². The number of ether oxygens (including phenoxy) is 1. The van der Waals surface area contributed by atoms with Gasteiger partial charge >= 0.3 is 5.97 Å². The molecule has 4 nitrogen and oxygen atoms in total. The quantitative estimate of drug-likeness (QED) is 0.216. The maximum atomic E-state index is 12.8. The smallest absolute Gasteiger partial charge is 0.338 e. The Bertz CT molecular complexity index is 983. The minimum atomic E-state index is -0.416. The van der Waals surface area contributed by atoms with Crippen LogP contribution in [0.5, 0.6) is 0 Å². The molecule has 3 rings (SSSR count). The van der Waals surface area contributed by atoms with E-state index in [2.05, 4.69) is 6.92 Å². The SMILES string of the molecule is CCCCCCCCC(=O)c1cccc2oc(-c3ccccc3C(=O)OC)cc12. The lowest BCUT2D eigenvalue weighted by Crippen LogP contribution is -2.02. The summed E-state index contributed by atoms with van der Waals surface area (Å²) in [5.41, 5.74) is 2.42. The molecule has 0 spiro atoms. The first kappa shape index (κ1) is 20.8. The summed E-state index contributed by atoms with van der Waals surface area (Å²) in [5, 5.41) is 0.790. The number of ketones is 1. The first-order valence-corrected chi connectivity index (χ1v) is 10.4. The number of hydrogen-bond acceptors (Lipinski definition) is 4. The van der Waals surface area contributed by atoms with Crippen LogP contribution in [0.3, 0.4) is 0 Å². The Morgan fingerprint density at radius 3 is 2.41 bits per heavy atom. The number of carbonyl (C=O) groups excluding carboxylic acids is 2. The number of carbonyl (C=O) groups is 2. The van der Waals surface area contributed by atoms with Crippen LogP contribution in [0.2, 0.25) is 0 Å². The number of esters is 1. The summed E-state index contributed by atoms with van der Waals surface area (Å²) in [6, 6.07) is 14.6. The number of furan rings is 1. The Balaban J connectivity index is 1.82. The molecule has 29 heavy (non-hydrogen) atoms. The second kappa shape index (κ2) is 10.1. The van der Waals surface area contributed by atoms with Crippen molar-refractivity contribution in [1.82, 2.24) is 0 Å². The third-order valence-electron chi connectivity index (χ3n) is 5.22. The average molecular weight is 392 g/mol. The first-order chi connectivity index (χ1) is 14.2. The Morgan fingerprint density at radius 2 is 1.62 bits per heavy atom. The average Bonchev–Trinajstić information content (AvgIpc) is 3.19. The van der Waals surface area contributed by atoms with E-state index in [1.54, 1.807) is 12.1 Å². The van der Waals surface area contributed by atoms with Crippen LogP contribution in [0.25, 0.3) is 22.3 Å². The van der Waals surface area contributed by atoms with Gasteiger partial charge in [-0.25, -0.2) is 4.79 Å². The standard InChI is InChI=1S/C25H28O4/c1-3-4-5-6-7-8-15-22(26)18-14-11-16-23-21(18)17-24(29-23)19-12-9-10-13-20(19)25(27)28-2/h9-14,16-17H,3-8,15H2,1-2H3. The second-order valence-electron chi connectivity index (χ2n) is 7.31.